The van der Waals surface area contributed by atoms with Gasteiger partial charge in [0, 0.05) is 12.0 Å². The van der Waals surface area contributed by atoms with Crippen molar-refractivity contribution in [3.8, 4) is 23.5 Å². The minimum absolute atomic E-state index is 0.0347. The number of hydrogen-bond acceptors (Lipinski definition) is 5. The second-order valence-electron chi connectivity index (χ2n) is 5.54. The number of halogens is 1. The Balaban J connectivity index is 2.13. The molecule has 0 aliphatic carbocycles. The van der Waals surface area contributed by atoms with Crippen molar-refractivity contribution < 1.29 is 18.7 Å². The molecule has 126 valence electrons. The van der Waals surface area contributed by atoms with Gasteiger partial charge >= 0.3 is 5.97 Å². The van der Waals surface area contributed by atoms with Crippen molar-refractivity contribution in [1.82, 2.24) is 15.4 Å². The fourth-order valence-corrected chi connectivity index (χ4v) is 1.73. The smallest absolute Gasteiger partial charge is 0.364 e. The number of aromatic nitrogens is 3. The molecule has 6 nitrogen and oxygen atoms in total. The highest BCUT2D eigenvalue weighted by molar-refractivity contribution is 5.89. The molecule has 0 saturated carbocycles. The lowest BCUT2D eigenvalue weighted by molar-refractivity contribution is 0.0516. The fraction of sp³-hybridized carbons (Fsp3) is 0.353. The molecule has 0 unspecified atom stereocenters. The summed E-state index contributed by atoms with van der Waals surface area (Å²) in [6.07, 6.45) is 0.134. The maximum absolute atomic E-state index is 13.4. The summed E-state index contributed by atoms with van der Waals surface area (Å²) in [5.41, 5.74) is -0.702. The summed E-state index contributed by atoms with van der Waals surface area (Å²) in [6.45, 7) is 4.87. The molecule has 0 spiro atoms. The average molecular weight is 331 g/mol. The van der Waals surface area contributed by atoms with E-state index >= 15 is 0 Å². The molecule has 1 aromatic heterocycles. The predicted molar refractivity (Wildman–Crippen MR) is 85.5 cm³/mol. The molecular weight excluding hydrogens is 313 g/mol. The number of carbonyl (C=O) groups is 1. The molecule has 2 rings (SSSR count). The van der Waals surface area contributed by atoms with Crippen LogP contribution in [0.5, 0.6) is 11.6 Å². The molecular formula is C17H18FN3O3. The third-order valence-corrected chi connectivity index (χ3v) is 2.78. The average Bonchev–Trinajstić information content (AvgIpc) is 2.95. The largest absolute Gasteiger partial charge is 0.461 e. The van der Waals surface area contributed by atoms with Gasteiger partial charge in [0.1, 0.15) is 11.4 Å². The molecule has 0 atom stereocenters. The monoisotopic (exact) mass is 331 g/mol. The zero-order valence-corrected chi connectivity index (χ0v) is 13.7. The number of benzene rings is 1. The van der Waals surface area contributed by atoms with Gasteiger partial charge in [0.15, 0.2) is 0 Å². The van der Waals surface area contributed by atoms with Gasteiger partial charge in [-0.3, -0.25) is 0 Å². The number of nitrogens with zero attached hydrogens (tertiary/aromatic N) is 2. The summed E-state index contributed by atoms with van der Waals surface area (Å²) in [6, 6.07) is 6.89. The van der Waals surface area contributed by atoms with Crippen LogP contribution in [0.15, 0.2) is 24.3 Å². The minimum atomic E-state index is -1.34. The quantitative estimate of drug-likeness (QED) is 0.672. The third kappa shape index (κ3) is 5.09. The van der Waals surface area contributed by atoms with Gasteiger partial charge in [0.05, 0.1) is 6.61 Å². The van der Waals surface area contributed by atoms with E-state index in [4.69, 9.17) is 9.47 Å². The Kier molecular flexibility index (Phi) is 5.53. The lowest BCUT2D eigenvalue weighted by Gasteiger charge is -2.07. The number of ether oxygens (including phenoxy) is 2. The number of carbonyl (C=O) groups excluding carboxylic acids is 1. The van der Waals surface area contributed by atoms with E-state index in [-0.39, 0.29) is 24.6 Å². The number of rotatable bonds is 5. The standard InChI is InChI=1S/C17H18FN3O3/c1-4-23-16(22)14-15(20-21-19-14)24-13-9-5-7-12(11-13)8-6-10-17(2,3)18/h5,7,9,11H,4,10H2,1-3H3,(H,19,20,21). The normalized spacial score (nSPS) is 10.7. The molecule has 0 bridgehead atoms. The van der Waals surface area contributed by atoms with Gasteiger partial charge in [-0.1, -0.05) is 23.1 Å². The maximum atomic E-state index is 13.4. The summed E-state index contributed by atoms with van der Waals surface area (Å²) in [4.78, 5) is 11.7. The van der Waals surface area contributed by atoms with Crippen LogP contribution in [-0.2, 0) is 4.74 Å². The molecule has 1 heterocycles. The van der Waals surface area contributed by atoms with Crippen molar-refractivity contribution in [3.63, 3.8) is 0 Å². The molecule has 1 N–H and O–H groups in total. The van der Waals surface area contributed by atoms with E-state index in [2.05, 4.69) is 27.3 Å². The topological polar surface area (TPSA) is 77.1 Å². The fourth-order valence-electron chi connectivity index (χ4n) is 1.73. The van der Waals surface area contributed by atoms with Crippen LogP contribution in [0.1, 0.15) is 43.2 Å². The Labute approximate surface area is 139 Å². The summed E-state index contributed by atoms with van der Waals surface area (Å²) in [5, 5.41) is 9.71. The number of nitrogens with one attached hydrogen (secondary N) is 1. The number of esters is 1. The molecule has 1 aromatic carbocycles. The van der Waals surface area contributed by atoms with Crippen LogP contribution in [0.25, 0.3) is 0 Å². The molecule has 0 radical (unpaired) electrons. The molecule has 2 aromatic rings. The van der Waals surface area contributed by atoms with Gasteiger partial charge in [-0.2, -0.15) is 0 Å². The van der Waals surface area contributed by atoms with E-state index in [1.807, 2.05) is 0 Å². The van der Waals surface area contributed by atoms with Gasteiger partial charge in [0.2, 0.25) is 5.69 Å². The second kappa shape index (κ2) is 7.59. The predicted octanol–water partition coefficient (Wildman–Crippen LogP) is 3.26. The molecule has 24 heavy (non-hydrogen) atoms. The summed E-state index contributed by atoms with van der Waals surface area (Å²) in [5.74, 6) is 5.57. The molecule has 0 amide bonds. The second-order valence-corrected chi connectivity index (χ2v) is 5.54. The Morgan fingerprint density at radius 3 is 2.92 bits per heavy atom. The molecule has 7 heteroatoms. The van der Waals surface area contributed by atoms with Gasteiger partial charge in [-0.05, 0) is 39.0 Å². The van der Waals surface area contributed by atoms with E-state index in [0.717, 1.165) is 0 Å². The number of hydrogen-bond donors (Lipinski definition) is 1. The van der Waals surface area contributed by atoms with Crippen LogP contribution in [0.2, 0.25) is 0 Å². The van der Waals surface area contributed by atoms with Crippen LogP contribution in [0, 0.1) is 11.8 Å². The zero-order chi connectivity index (χ0) is 17.6. The van der Waals surface area contributed by atoms with E-state index in [9.17, 15) is 9.18 Å². The Hall–Kier alpha value is -2.88. The summed E-state index contributed by atoms with van der Waals surface area (Å²) < 4.78 is 23.9. The van der Waals surface area contributed by atoms with Crippen LogP contribution >= 0.6 is 0 Å². The lowest BCUT2D eigenvalue weighted by Crippen LogP contribution is -2.09. The zero-order valence-electron chi connectivity index (χ0n) is 13.7. The minimum Gasteiger partial charge on any atom is -0.461 e. The molecule has 0 aliphatic heterocycles. The maximum Gasteiger partial charge on any atom is 0.364 e. The first kappa shape index (κ1) is 17.5. The first-order valence-electron chi connectivity index (χ1n) is 7.43. The Bertz CT molecular complexity index is 769. The number of H-pyrrole nitrogens is 1. The summed E-state index contributed by atoms with van der Waals surface area (Å²) >= 11 is 0. The van der Waals surface area contributed by atoms with Crippen LogP contribution in [-0.4, -0.2) is 33.7 Å². The number of aromatic amines is 1. The van der Waals surface area contributed by atoms with E-state index in [1.165, 1.54) is 13.8 Å². The van der Waals surface area contributed by atoms with E-state index in [0.29, 0.717) is 11.3 Å². The van der Waals surface area contributed by atoms with Crippen molar-refractivity contribution >= 4 is 5.97 Å². The van der Waals surface area contributed by atoms with Gasteiger partial charge in [-0.15, -0.1) is 5.10 Å². The van der Waals surface area contributed by atoms with Gasteiger partial charge < -0.3 is 9.47 Å². The van der Waals surface area contributed by atoms with Crippen molar-refractivity contribution in [2.45, 2.75) is 32.9 Å². The van der Waals surface area contributed by atoms with Crippen molar-refractivity contribution in [3.05, 3.63) is 35.5 Å². The van der Waals surface area contributed by atoms with Crippen molar-refractivity contribution in [2.24, 2.45) is 0 Å². The third-order valence-electron chi connectivity index (χ3n) is 2.78. The highest BCUT2D eigenvalue weighted by Crippen LogP contribution is 2.23. The van der Waals surface area contributed by atoms with E-state index in [1.54, 1.807) is 31.2 Å². The molecule has 0 saturated heterocycles. The van der Waals surface area contributed by atoms with Gasteiger partial charge in [0.25, 0.3) is 5.88 Å². The highest BCUT2D eigenvalue weighted by Gasteiger charge is 2.19. The first-order valence-corrected chi connectivity index (χ1v) is 7.43. The van der Waals surface area contributed by atoms with Crippen molar-refractivity contribution in [2.75, 3.05) is 6.61 Å². The van der Waals surface area contributed by atoms with Crippen molar-refractivity contribution in [1.29, 1.82) is 0 Å². The first-order chi connectivity index (χ1) is 11.4. The van der Waals surface area contributed by atoms with Gasteiger partial charge in [-0.25, -0.2) is 14.3 Å². The Morgan fingerprint density at radius 1 is 1.42 bits per heavy atom. The molecule has 0 aliphatic rings. The Morgan fingerprint density at radius 2 is 2.21 bits per heavy atom. The molecule has 0 fully saturated rings. The van der Waals surface area contributed by atoms with Crippen LogP contribution in [0.3, 0.4) is 0 Å². The highest BCUT2D eigenvalue weighted by atomic mass is 19.1. The van der Waals surface area contributed by atoms with Crippen LogP contribution < -0.4 is 4.74 Å². The SMILES string of the molecule is CCOC(=O)c1nn[nH]c1Oc1cccc(C#CCC(C)(C)F)c1. The summed E-state index contributed by atoms with van der Waals surface area (Å²) in [7, 11) is 0. The van der Waals surface area contributed by atoms with Crippen LogP contribution in [0.4, 0.5) is 4.39 Å². The lowest BCUT2D eigenvalue weighted by atomic mass is 10.1. The van der Waals surface area contributed by atoms with E-state index < -0.39 is 11.6 Å². The number of alkyl halides is 1.